The molecular formula is C15H21NO. The molecule has 1 aromatic carbocycles. The smallest absolute Gasteiger partial charge is 0.0623 e. The number of hydrogen-bond acceptors (Lipinski definition) is 2. The van der Waals surface area contributed by atoms with Crippen molar-refractivity contribution in [2.45, 2.75) is 37.8 Å². The van der Waals surface area contributed by atoms with Crippen LogP contribution in [0.2, 0.25) is 0 Å². The lowest BCUT2D eigenvalue weighted by Gasteiger charge is -2.45. The van der Waals surface area contributed by atoms with Crippen molar-refractivity contribution in [3.8, 4) is 0 Å². The Balaban J connectivity index is 1.64. The summed E-state index contributed by atoms with van der Waals surface area (Å²) in [4.78, 5) is 0. The molecule has 2 saturated heterocycles. The number of piperidine rings is 2. The highest BCUT2D eigenvalue weighted by Crippen LogP contribution is 2.36. The minimum atomic E-state index is -0.182. The van der Waals surface area contributed by atoms with Gasteiger partial charge in [0.25, 0.3) is 0 Å². The van der Waals surface area contributed by atoms with Crippen LogP contribution in [-0.4, -0.2) is 23.8 Å². The summed E-state index contributed by atoms with van der Waals surface area (Å²) in [7, 11) is 0. The average molecular weight is 231 g/mol. The van der Waals surface area contributed by atoms with Crippen molar-refractivity contribution in [2.24, 2.45) is 11.8 Å². The van der Waals surface area contributed by atoms with Crippen LogP contribution in [0.3, 0.4) is 0 Å². The van der Waals surface area contributed by atoms with Crippen LogP contribution in [-0.2, 0) is 6.42 Å². The topological polar surface area (TPSA) is 32.3 Å². The van der Waals surface area contributed by atoms with Gasteiger partial charge in [0.05, 0.1) is 6.10 Å². The van der Waals surface area contributed by atoms with E-state index >= 15 is 0 Å². The molecule has 17 heavy (non-hydrogen) atoms. The lowest BCUT2D eigenvalue weighted by molar-refractivity contribution is 0.0209. The number of rotatable bonds is 3. The first-order valence-electron chi connectivity index (χ1n) is 6.78. The Bertz CT molecular complexity index is 356. The van der Waals surface area contributed by atoms with E-state index in [1.807, 2.05) is 18.2 Å². The van der Waals surface area contributed by atoms with Crippen LogP contribution in [0.4, 0.5) is 0 Å². The lowest BCUT2D eigenvalue weighted by Crippen LogP contribution is -2.54. The predicted octanol–water partition coefficient (Wildman–Crippen LogP) is 1.98. The maximum atomic E-state index is 10.4. The Morgan fingerprint density at radius 3 is 2.65 bits per heavy atom. The van der Waals surface area contributed by atoms with Crippen LogP contribution in [0.1, 0.15) is 24.8 Å². The Hall–Kier alpha value is -0.860. The molecule has 4 atom stereocenters. The van der Waals surface area contributed by atoms with E-state index in [0.29, 0.717) is 12.0 Å². The summed E-state index contributed by atoms with van der Waals surface area (Å²) in [5.74, 6) is 1.26. The monoisotopic (exact) mass is 231 g/mol. The van der Waals surface area contributed by atoms with Gasteiger partial charge >= 0.3 is 0 Å². The standard InChI is InChI=1S/C15H21NO/c17-15(9-11-4-2-1-3-5-11)13-8-12-6-7-14(13)16-10-12/h1-5,12-17H,6-10H2/t12-,13?,14+,15+/m1/s1. The maximum absolute atomic E-state index is 10.4. The van der Waals surface area contributed by atoms with E-state index in [1.165, 1.54) is 31.4 Å². The fourth-order valence-corrected chi connectivity index (χ4v) is 3.49. The molecule has 92 valence electrons. The zero-order valence-electron chi connectivity index (χ0n) is 10.2. The summed E-state index contributed by atoms with van der Waals surface area (Å²) in [6.45, 7) is 1.17. The molecule has 0 aromatic heterocycles. The fraction of sp³-hybridized carbons (Fsp3) is 0.600. The molecule has 4 rings (SSSR count). The molecule has 2 heterocycles. The second-order valence-electron chi connectivity index (χ2n) is 5.61. The van der Waals surface area contributed by atoms with Crippen LogP contribution < -0.4 is 5.32 Å². The third-order valence-corrected chi connectivity index (χ3v) is 4.46. The number of aliphatic hydroxyl groups excluding tert-OH is 1. The third-order valence-electron chi connectivity index (χ3n) is 4.46. The first-order chi connectivity index (χ1) is 8.33. The molecule has 2 nitrogen and oxygen atoms in total. The van der Waals surface area contributed by atoms with Gasteiger partial charge in [0.2, 0.25) is 0 Å². The first kappa shape index (κ1) is 11.2. The number of benzene rings is 1. The fourth-order valence-electron chi connectivity index (χ4n) is 3.49. The number of fused-ring (bicyclic) bond motifs is 3. The molecule has 2 heteroatoms. The quantitative estimate of drug-likeness (QED) is 0.833. The highest BCUT2D eigenvalue weighted by molar-refractivity contribution is 5.16. The maximum Gasteiger partial charge on any atom is 0.0623 e. The molecule has 1 aliphatic carbocycles. The van der Waals surface area contributed by atoms with Gasteiger partial charge in [0.15, 0.2) is 0 Å². The van der Waals surface area contributed by atoms with Crippen LogP contribution in [0.25, 0.3) is 0 Å². The molecule has 1 saturated carbocycles. The van der Waals surface area contributed by atoms with Crippen LogP contribution in [0, 0.1) is 11.8 Å². The van der Waals surface area contributed by atoms with Gasteiger partial charge < -0.3 is 10.4 Å². The van der Waals surface area contributed by atoms with E-state index < -0.39 is 0 Å². The third kappa shape index (κ3) is 2.38. The van der Waals surface area contributed by atoms with E-state index in [1.54, 1.807) is 0 Å². The van der Waals surface area contributed by atoms with Gasteiger partial charge in [-0.25, -0.2) is 0 Å². The Labute approximate surface area is 103 Å². The minimum absolute atomic E-state index is 0.182. The molecule has 1 aromatic rings. The zero-order chi connectivity index (χ0) is 11.7. The normalized spacial score (nSPS) is 33.6. The summed E-state index contributed by atoms with van der Waals surface area (Å²) in [5, 5.41) is 14.0. The van der Waals surface area contributed by atoms with E-state index in [-0.39, 0.29) is 6.10 Å². The summed E-state index contributed by atoms with van der Waals surface area (Å²) in [6.07, 6.45) is 4.44. The molecule has 3 fully saturated rings. The zero-order valence-corrected chi connectivity index (χ0v) is 10.2. The molecule has 2 aliphatic heterocycles. The largest absolute Gasteiger partial charge is 0.392 e. The minimum Gasteiger partial charge on any atom is -0.392 e. The second-order valence-corrected chi connectivity index (χ2v) is 5.61. The van der Waals surface area contributed by atoms with Crippen molar-refractivity contribution in [3.63, 3.8) is 0 Å². The Kier molecular flexibility index (Phi) is 3.17. The predicted molar refractivity (Wildman–Crippen MR) is 68.8 cm³/mol. The number of aliphatic hydroxyl groups is 1. The highest BCUT2D eigenvalue weighted by Gasteiger charge is 2.38. The molecule has 0 amide bonds. The van der Waals surface area contributed by atoms with E-state index in [4.69, 9.17) is 0 Å². The van der Waals surface area contributed by atoms with Gasteiger partial charge in [-0.3, -0.25) is 0 Å². The molecule has 1 unspecified atom stereocenters. The highest BCUT2D eigenvalue weighted by atomic mass is 16.3. The Morgan fingerprint density at radius 1 is 1.24 bits per heavy atom. The molecule has 0 spiro atoms. The molecule has 2 bridgehead atoms. The van der Waals surface area contributed by atoms with Gasteiger partial charge in [-0.15, -0.1) is 0 Å². The van der Waals surface area contributed by atoms with Gasteiger partial charge in [-0.1, -0.05) is 30.3 Å². The van der Waals surface area contributed by atoms with Crippen LogP contribution >= 0.6 is 0 Å². The number of nitrogens with one attached hydrogen (secondary N) is 1. The summed E-state index contributed by atoms with van der Waals surface area (Å²) < 4.78 is 0. The van der Waals surface area contributed by atoms with Gasteiger partial charge in [-0.2, -0.15) is 0 Å². The van der Waals surface area contributed by atoms with Crippen molar-refractivity contribution in [2.75, 3.05) is 6.54 Å². The average Bonchev–Trinajstić information content (AvgIpc) is 2.41. The number of hydrogen-bond donors (Lipinski definition) is 2. The summed E-state index contributed by atoms with van der Waals surface area (Å²) in [5.41, 5.74) is 1.25. The van der Waals surface area contributed by atoms with Crippen molar-refractivity contribution in [3.05, 3.63) is 35.9 Å². The SMILES string of the molecule is O[C@@H](Cc1ccccc1)C1C[C@H]2CC[C@@H]1NC2. The van der Waals surface area contributed by atoms with Crippen LogP contribution in [0.5, 0.6) is 0 Å². The van der Waals surface area contributed by atoms with Crippen molar-refractivity contribution in [1.29, 1.82) is 0 Å². The van der Waals surface area contributed by atoms with Crippen LogP contribution in [0.15, 0.2) is 30.3 Å². The summed E-state index contributed by atoms with van der Waals surface area (Å²) in [6, 6.07) is 10.9. The molecule has 0 radical (unpaired) electrons. The first-order valence-corrected chi connectivity index (χ1v) is 6.78. The molecular weight excluding hydrogens is 210 g/mol. The molecule has 3 aliphatic rings. The van der Waals surface area contributed by atoms with Gasteiger partial charge in [0, 0.05) is 12.0 Å². The summed E-state index contributed by atoms with van der Waals surface area (Å²) >= 11 is 0. The van der Waals surface area contributed by atoms with Gasteiger partial charge in [0.1, 0.15) is 0 Å². The second kappa shape index (κ2) is 4.79. The molecule has 2 N–H and O–H groups in total. The van der Waals surface area contributed by atoms with Crippen molar-refractivity contribution >= 4 is 0 Å². The van der Waals surface area contributed by atoms with E-state index in [9.17, 15) is 5.11 Å². The van der Waals surface area contributed by atoms with Crippen molar-refractivity contribution in [1.82, 2.24) is 5.32 Å². The van der Waals surface area contributed by atoms with E-state index in [0.717, 1.165) is 12.3 Å². The van der Waals surface area contributed by atoms with E-state index in [2.05, 4.69) is 17.4 Å². The Morgan fingerprint density at radius 2 is 2.06 bits per heavy atom. The lowest BCUT2D eigenvalue weighted by atomic mass is 9.71. The van der Waals surface area contributed by atoms with Crippen molar-refractivity contribution < 1.29 is 5.11 Å². The van der Waals surface area contributed by atoms with Gasteiger partial charge in [-0.05, 0) is 43.7 Å².